The van der Waals surface area contributed by atoms with Gasteiger partial charge in [0.1, 0.15) is 11.9 Å². The fourth-order valence-corrected chi connectivity index (χ4v) is 4.90. The number of carbonyl (C=O) groups excluding carboxylic acids is 2. The van der Waals surface area contributed by atoms with Gasteiger partial charge in [-0.3, -0.25) is 24.6 Å². The summed E-state index contributed by atoms with van der Waals surface area (Å²) in [6.45, 7) is 3.10. The second-order valence-corrected chi connectivity index (χ2v) is 8.68. The summed E-state index contributed by atoms with van der Waals surface area (Å²) in [6, 6.07) is 4.78. The van der Waals surface area contributed by atoms with Crippen molar-refractivity contribution in [3.8, 4) is 0 Å². The third-order valence-corrected chi connectivity index (χ3v) is 6.75. The first kappa shape index (κ1) is 21.5. The van der Waals surface area contributed by atoms with E-state index >= 15 is 0 Å². The third kappa shape index (κ3) is 4.98. The van der Waals surface area contributed by atoms with E-state index in [1.165, 1.54) is 6.07 Å². The SMILES string of the molecule is O=C1CCC(Nc2ccc(N3CCN([C@H]4CC[C@H](C(=O)O)CC4)CC3)c(F)c2)C(=O)N1. The first-order chi connectivity index (χ1) is 14.9. The van der Waals surface area contributed by atoms with Crippen molar-refractivity contribution in [3.63, 3.8) is 0 Å². The Balaban J connectivity index is 1.30. The van der Waals surface area contributed by atoms with E-state index in [0.717, 1.165) is 51.9 Å². The maximum Gasteiger partial charge on any atom is 0.306 e. The molecule has 0 bridgehead atoms. The van der Waals surface area contributed by atoms with Crippen molar-refractivity contribution >= 4 is 29.2 Å². The van der Waals surface area contributed by atoms with Crippen LogP contribution in [-0.4, -0.2) is 66.1 Å². The predicted molar refractivity (Wildman–Crippen MR) is 113 cm³/mol. The number of anilines is 2. The monoisotopic (exact) mass is 432 g/mol. The van der Waals surface area contributed by atoms with E-state index < -0.39 is 12.0 Å². The van der Waals surface area contributed by atoms with Crippen LogP contribution in [0.5, 0.6) is 0 Å². The fourth-order valence-electron chi connectivity index (χ4n) is 4.90. The van der Waals surface area contributed by atoms with Gasteiger partial charge in [-0.25, -0.2) is 4.39 Å². The number of carboxylic acid groups (broad SMARTS) is 1. The molecule has 1 atom stereocenters. The molecule has 3 N–H and O–H groups in total. The number of aliphatic carboxylic acids is 1. The Morgan fingerprint density at radius 2 is 1.77 bits per heavy atom. The number of nitrogens with zero attached hydrogens (tertiary/aromatic N) is 2. The summed E-state index contributed by atoms with van der Waals surface area (Å²) in [5.74, 6) is -1.89. The zero-order valence-electron chi connectivity index (χ0n) is 17.5. The fraction of sp³-hybridized carbons (Fsp3) is 0.591. The molecule has 1 aliphatic carbocycles. The summed E-state index contributed by atoms with van der Waals surface area (Å²) in [4.78, 5) is 38.7. The van der Waals surface area contributed by atoms with Gasteiger partial charge in [0.25, 0.3) is 0 Å². The summed E-state index contributed by atoms with van der Waals surface area (Å²) in [5.41, 5.74) is 1.06. The number of amides is 2. The second-order valence-electron chi connectivity index (χ2n) is 8.68. The quantitative estimate of drug-likeness (QED) is 0.610. The standard InChI is InChI=1S/C22H29FN4O4/c23-17-13-15(24-18-6-8-20(28)25-21(18)29)3-7-19(17)27-11-9-26(10-12-27)16-4-1-14(2-5-16)22(30)31/h3,7,13-14,16,18,24H,1-2,4-6,8-12H2,(H,30,31)(H,25,28,29)/t14-,16-,18?. The minimum absolute atomic E-state index is 0.209. The van der Waals surface area contributed by atoms with E-state index in [0.29, 0.717) is 23.8 Å². The summed E-state index contributed by atoms with van der Waals surface area (Å²) < 4.78 is 14.8. The molecule has 2 heterocycles. The molecule has 2 aliphatic heterocycles. The van der Waals surface area contributed by atoms with Crippen LogP contribution in [0.15, 0.2) is 18.2 Å². The van der Waals surface area contributed by atoms with Crippen molar-refractivity contribution < 1.29 is 23.9 Å². The molecule has 31 heavy (non-hydrogen) atoms. The van der Waals surface area contributed by atoms with E-state index in [9.17, 15) is 18.8 Å². The highest BCUT2D eigenvalue weighted by Gasteiger charge is 2.31. The highest BCUT2D eigenvalue weighted by Crippen LogP contribution is 2.30. The molecule has 168 valence electrons. The lowest BCUT2D eigenvalue weighted by Gasteiger charge is -2.42. The maximum atomic E-state index is 14.8. The van der Waals surface area contributed by atoms with Gasteiger partial charge in [-0.05, 0) is 50.3 Å². The van der Waals surface area contributed by atoms with E-state index in [2.05, 4.69) is 15.5 Å². The number of carboxylic acids is 1. The molecule has 3 fully saturated rings. The zero-order chi connectivity index (χ0) is 22.0. The van der Waals surface area contributed by atoms with Crippen LogP contribution in [0.2, 0.25) is 0 Å². The average molecular weight is 432 g/mol. The number of hydrogen-bond acceptors (Lipinski definition) is 6. The smallest absolute Gasteiger partial charge is 0.306 e. The Labute approximate surface area is 180 Å². The highest BCUT2D eigenvalue weighted by molar-refractivity contribution is 6.01. The van der Waals surface area contributed by atoms with Crippen molar-refractivity contribution in [1.29, 1.82) is 0 Å². The lowest BCUT2D eigenvalue weighted by atomic mass is 9.85. The molecule has 0 spiro atoms. The predicted octanol–water partition coefficient (Wildman–Crippen LogP) is 1.81. The van der Waals surface area contributed by atoms with Gasteiger partial charge >= 0.3 is 5.97 Å². The Bertz CT molecular complexity index is 848. The Morgan fingerprint density at radius 1 is 1.06 bits per heavy atom. The van der Waals surface area contributed by atoms with Gasteiger partial charge in [0.05, 0.1) is 11.6 Å². The number of piperidine rings is 1. The molecule has 1 aromatic carbocycles. The molecule has 1 unspecified atom stereocenters. The lowest BCUT2D eigenvalue weighted by molar-refractivity contribution is -0.143. The van der Waals surface area contributed by atoms with Gasteiger partial charge in [-0.2, -0.15) is 0 Å². The van der Waals surface area contributed by atoms with Crippen molar-refractivity contribution in [1.82, 2.24) is 10.2 Å². The van der Waals surface area contributed by atoms with Crippen LogP contribution in [0.4, 0.5) is 15.8 Å². The first-order valence-electron chi connectivity index (χ1n) is 11.0. The number of imide groups is 1. The van der Waals surface area contributed by atoms with Crippen LogP contribution in [0, 0.1) is 11.7 Å². The maximum absolute atomic E-state index is 14.8. The molecule has 2 saturated heterocycles. The van der Waals surface area contributed by atoms with Crippen LogP contribution in [0.25, 0.3) is 0 Å². The number of piperazine rings is 1. The molecule has 1 aromatic rings. The Hall–Kier alpha value is -2.68. The number of nitrogens with one attached hydrogen (secondary N) is 2. The van der Waals surface area contributed by atoms with Gasteiger partial charge in [0.15, 0.2) is 0 Å². The molecule has 4 rings (SSSR count). The summed E-state index contributed by atoms with van der Waals surface area (Å²) in [5, 5.41) is 14.5. The average Bonchev–Trinajstić information content (AvgIpc) is 2.76. The van der Waals surface area contributed by atoms with Crippen LogP contribution in [-0.2, 0) is 14.4 Å². The minimum atomic E-state index is -0.686. The van der Waals surface area contributed by atoms with Gasteiger partial charge < -0.3 is 15.3 Å². The van der Waals surface area contributed by atoms with E-state index in [4.69, 9.17) is 5.11 Å². The van der Waals surface area contributed by atoms with Crippen LogP contribution >= 0.6 is 0 Å². The molecule has 2 amide bonds. The highest BCUT2D eigenvalue weighted by atomic mass is 19.1. The van der Waals surface area contributed by atoms with Gasteiger partial charge in [0, 0.05) is 44.3 Å². The zero-order valence-corrected chi connectivity index (χ0v) is 17.5. The van der Waals surface area contributed by atoms with Gasteiger partial charge in [0.2, 0.25) is 11.8 Å². The topological polar surface area (TPSA) is 102 Å². The number of halogens is 1. The summed E-state index contributed by atoms with van der Waals surface area (Å²) in [6.07, 6.45) is 3.95. The van der Waals surface area contributed by atoms with Crippen LogP contribution < -0.4 is 15.5 Å². The number of rotatable bonds is 5. The summed E-state index contributed by atoms with van der Waals surface area (Å²) in [7, 11) is 0. The molecular weight excluding hydrogens is 403 g/mol. The molecule has 0 radical (unpaired) electrons. The molecule has 3 aliphatic rings. The van der Waals surface area contributed by atoms with E-state index in [-0.39, 0.29) is 30.0 Å². The van der Waals surface area contributed by atoms with Crippen molar-refractivity contribution in [2.75, 3.05) is 36.4 Å². The third-order valence-electron chi connectivity index (χ3n) is 6.75. The number of hydrogen-bond donors (Lipinski definition) is 3. The summed E-state index contributed by atoms with van der Waals surface area (Å²) >= 11 is 0. The van der Waals surface area contributed by atoms with E-state index in [1.807, 2.05) is 4.90 Å². The molecule has 8 nitrogen and oxygen atoms in total. The second kappa shape index (κ2) is 9.21. The minimum Gasteiger partial charge on any atom is -0.481 e. The van der Waals surface area contributed by atoms with Crippen LogP contribution in [0.3, 0.4) is 0 Å². The number of benzene rings is 1. The largest absolute Gasteiger partial charge is 0.481 e. The molecule has 1 saturated carbocycles. The van der Waals surface area contributed by atoms with Gasteiger partial charge in [-0.1, -0.05) is 0 Å². The van der Waals surface area contributed by atoms with Crippen molar-refractivity contribution in [2.45, 2.75) is 50.6 Å². The van der Waals surface area contributed by atoms with Crippen LogP contribution in [0.1, 0.15) is 38.5 Å². The number of carbonyl (C=O) groups is 3. The molecular formula is C22H29FN4O4. The lowest BCUT2D eigenvalue weighted by Crippen LogP contribution is -2.51. The van der Waals surface area contributed by atoms with Gasteiger partial charge in [-0.15, -0.1) is 0 Å². The van der Waals surface area contributed by atoms with E-state index in [1.54, 1.807) is 12.1 Å². The Morgan fingerprint density at radius 3 is 2.39 bits per heavy atom. The van der Waals surface area contributed by atoms with Crippen molar-refractivity contribution in [2.24, 2.45) is 5.92 Å². The first-order valence-corrected chi connectivity index (χ1v) is 11.0. The Kier molecular flexibility index (Phi) is 6.41. The normalized spacial score (nSPS) is 27.6. The molecule has 0 aromatic heterocycles. The molecule has 9 heteroatoms. The van der Waals surface area contributed by atoms with Crippen molar-refractivity contribution in [3.05, 3.63) is 24.0 Å².